The van der Waals surface area contributed by atoms with Crippen LogP contribution in [0.1, 0.15) is 54.8 Å². The first-order valence-corrected chi connectivity index (χ1v) is 8.88. The molecule has 2 aromatic carbocycles. The summed E-state index contributed by atoms with van der Waals surface area (Å²) in [4.78, 5) is 3.68. The first-order chi connectivity index (χ1) is 11.4. The van der Waals surface area contributed by atoms with Crippen LogP contribution in [0.15, 0.2) is 42.5 Å². The Balaban J connectivity index is 1.86. The predicted octanol–water partition coefficient (Wildman–Crippen LogP) is 5.01. The van der Waals surface area contributed by atoms with Crippen LogP contribution in [-0.2, 0) is 11.8 Å². The standard InChI is InChI=1S/C22H26N2/c1-14-11-15(13-16(12-14)22(2,3)4)20-21-18(9-10-23-20)17-7-5-6-8-19(17)24-21/h5-8,11-13,20,23-24H,9-10H2,1-4H3. The highest BCUT2D eigenvalue weighted by Gasteiger charge is 2.26. The van der Waals surface area contributed by atoms with Crippen LogP contribution in [0.25, 0.3) is 10.9 Å². The first kappa shape index (κ1) is 15.5. The Hall–Kier alpha value is -2.06. The third kappa shape index (κ3) is 2.55. The van der Waals surface area contributed by atoms with Gasteiger partial charge in [-0.3, -0.25) is 0 Å². The average Bonchev–Trinajstić information content (AvgIpc) is 2.92. The van der Waals surface area contributed by atoms with Gasteiger partial charge in [-0.1, -0.05) is 62.7 Å². The second kappa shape index (κ2) is 5.49. The zero-order valence-electron chi connectivity index (χ0n) is 15.0. The fourth-order valence-corrected chi connectivity index (χ4v) is 3.88. The van der Waals surface area contributed by atoms with Crippen LogP contribution in [0.4, 0.5) is 0 Å². The number of aromatic amines is 1. The van der Waals surface area contributed by atoms with Gasteiger partial charge in [0, 0.05) is 23.1 Å². The lowest BCUT2D eigenvalue weighted by Crippen LogP contribution is -2.30. The number of aromatic nitrogens is 1. The van der Waals surface area contributed by atoms with Crippen molar-refractivity contribution in [1.82, 2.24) is 10.3 Å². The van der Waals surface area contributed by atoms with Gasteiger partial charge < -0.3 is 10.3 Å². The minimum atomic E-state index is 0.165. The molecule has 1 unspecified atom stereocenters. The molecule has 2 nitrogen and oxygen atoms in total. The molecule has 2 heteroatoms. The molecule has 1 aromatic heterocycles. The maximum atomic E-state index is 3.73. The maximum absolute atomic E-state index is 3.73. The van der Waals surface area contributed by atoms with Crippen molar-refractivity contribution in [3.05, 3.63) is 70.4 Å². The Bertz CT molecular complexity index is 896. The molecule has 1 aliphatic heterocycles. The molecule has 24 heavy (non-hydrogen) atoms. The number of H-pyrrole nitrogens is 1. The summed E-state index contributed by atoms with van der Waals surface area (Å²) in [6.45, 7) is 10.1. The third-order valence-corrected chi connectivity index (χ3v) is 5.16. The summed E-state index contributed by atoms with van der Waals surface area (Å²) in [7, 11) is 0. The summed E-state index contributed by atoms with van der Waals surface area (Å²) in [5, 5.41) is 5.10. The van der Waals surface area contributed by atoms with Gasteiger partial charge in [-0.2, -0.15) is 0 Å². The molecule has 1 atom stereocenters. The van der Waals surface area contributed by atoms with Gasteiger partial charge >= 0.3 is 0 Å². The molecule has 0 amide bonds. The number of para-hydroxylation sites is 1. The lowest BCUT2D eigenvalue weighted by molar-refractivity contribution is 0.553. The van der Waals surface area contributed by atoms with E-state index >= 15 is 0 Å². The molecule has 0 saturated carbocycles. The summed E-state index contributed by atoms with van der Waals surface area (Å²) < 4.78 is 0. The Labute approximate surface area is 144 Å². The second-order valence-electron chi connectivity index (χ2n) is 8.08. The van der Waals surface area contributed by atoms with Crippen molar-refractivity contribution in [2.24, 2.45) is 0 Å². The zero-order chi connectivity index (χ0) is 16.9. The Kier molecular flexibility index (Phi) is 3.54. The number of nitrogens with one attached hydrogen (secondary N) is 2. The molecule has 4 rings (SSSR count). The molecule has 1 aliphatic rings. The second-order valence-corrected chi connectivity index (χ2v) is 8.08. The fourth-order valence-electron chi connectivity index (χ4n) is 3.88. The van der Waals surface area contributed by atoms with Crippen molar-refractivity contribution in [2.75, 3.05) is 6.54 Å². The lowest BCUT2D eigenvalue weighted by atomic mass is 9.83. The van der Waals surface area contributed by atoms with Crippen LogP contribution in [0.2, 0.25) is 0 Å². The van der Waals surface area contributed by atoms with Crippen LogP contribution in [0.3, 0.4) is 0 Å². The molecule has 124 valence electrons. The highest BCUT2D eigenvalue weighted by Crippen LogP contribution is 2.35. The number of fused-ring (bicyclic) bond motifs is 3. The van der Waals surface area contributed by atoms with Gasteiger partial charge in [0.1, 0.15) is 0 Å². The number of hydrogen-bond donors (Lipinski definition) is 2. The van der Waals surface area contributed by atoms with Crippen LogP contribution in [0.5, 0.6) is 0 Å². The van der Waals surface area contributed by atoms with Gasteiger partial charge in [-0.15, -0.1) is 0 Å². The Morgan fingerprint density at radius 3 is 2.62 bits per heavy atom. The van der Waals surface area contributed by atoms with Crippen molar-refractivity contribution >= 4 is 10.9 Å². The Morgan fingerprint density at radius 2 is 1.83 bits per heavy atom. The summed E-state index contributed by atoms with van der Waals surface area (Å²) in [5.74, 6) is 0. The largest absolute Gasteiger partial charge is 0.357 e. The zero-order valence-corrected chi connectivity index (χ0v) is 15.0. The quantitative estimate of drug-likeness (QED) is 0.648. The van der Waals surface area contributed by atoms with E-state index in [4.69, 9.17) is 0 Å². The van der Waals surface area contributed by atoms with E-state index in [2.05, 4.69) is 80.5 Å². The highest BCUT2D eigenvalue weighted by molar-refractivity contribution is 5.85. The minimum absolute atomic E-state index is 0.165. The van der Waals surface area contributed by atoms with Crippen LogP contribution < -0.4 is 5.32 Å². The molecule has 0 saturated heterocycles. The third-order valence-electron chi connectivity index (χ3n) is 5.16. The van der Waals surface area contributed by atoms with Crippen molar-refractivity contribution in [1.29, 1.82) is 0 Å². The van der Waals surface area contributed by atoms with Crippen LogP contribution in [-0.4, -0.2) is 11.5 Å². The van der Waals surface area contributed by atoms with Gasteiger partial charge in [0.2, 0.25) is 0 Å². The molecule has 2 N–H and O–H groups in total. The summed E-state index contributed by atoms with van der Waals surface area (Å²) >= 11 is 0. The average molecular weight is 318 g/mol. The van der Waals surface area contributed by atoms with Crippen molar-refractivity contribution in [2.45, 2.75) is 45.6 Å². The number of rotatable bonds is 1. The van der Waals surface area contributed by atoms with E-state index in [0.29, 0.717) is 0 Å². The van der Waals surface area contributed by atoms with Crippen LogP contribution in [0, 0.1) is 6.92 Å². The topological polar surface area (TPSA) is 27.8 Å². The normalized spacial score (nSPS) is 17.9. The number of hydrogen-bond acceptors (Lipinski definition) is 1. The van der Waals surface area contributed by atoms with E-state index in [9.17, 15) is 0 Å². The first-order valence-electron chi connectivity index (χ1n) is 8.88. The van der Waals surface area contributed by atoms with Crippen molar-refractivity contribution in [3.63, 3.8) is 0 Å². The summed E-state index contributed by atoms with van der Waals surface area (Å²) in [6.07, 6.45) is 1.09. The van der Waals surface area contributed by atoms with Crippen LogP contribution >= 0.6 is 0 Å². The summed E-state index contributed by atoms with van der Waals surface area (Å²) in [5.41, 5.74) is 8.34. The van der Waals surface area contributed by atoms with Gasteiger partial charge in [-0.25, -0.2) is 0 Å². The highest BCUT2D eigenvalue weighted by atomic mass is 15.0. The number of aryl methyl sites for hydroxylation is 1. The van der Waals surface area contributed by atoms with E-state index in [1.165, 1.54) is 38.9 Å². The van der Waals surface area contributed by atoms with Crippen molar-refractivity contribution in [3.8, 4) is 0 Å². The molecule has 0 aliphatic carbocycles. The van der Waals surface area contributed by atoms with Crippen molar-refractivity contribution < 1.29 is 0 Å². The van der Waals surface area contributed by atoms with E-state index in [0.717, 1.165) is 13.0 Å². The van der Waals surface area contributed by atoms with E-state index in [1.807, 2.05) is 0 Å². The van der Waals surface area contributed by atoms with Gasteiger partial charge in [0.05, 0.1) is 6.04 Å². The van der Waals surface area contributed by atoms with Gasteiger partial charge in [-0.05, 0) is 41.5 Å². The Morgan fingerprint density at radius 1 is 1.04 bits per heavy atom. The van der Waals surface area contributed by atoms with Gasteiger partial charge in [0.15, 0.2) is 0 Å². The predicted molar refractivity (Wildman–Crippen MR) is 102 cm³/mol. The minimum Gasteiger partial charge on any atom is -0.357 e. The molecule has 0 bridgehead atoms. The molecule has 0 spiro atoms. The molecular weight excluding hydrogens is 292 g/mol. The monoisotopic (exact) mass is 318 g/mol. The number of benzene rings is 2. The summed E-state index contributed by atoms with van der Waals surface area (Å²) in [6, 6.07) is 15.9. The maximum Gasteiger partial charge on any atom is 0.0732 e. The molecular formula is C22H26N2. The smallest absolute Gasteiger partial charge is 0.0732 e. The van der Waals surface area contributed by atoms with E-state index in [1.54, 1.807) is 0 Å². The SMILES string of the molecule is Cc1cc(C2NCCc3c2[nH]c2ccccc32)cc(C(C)(C)C)c1. The molecule has 2 heterocycles. The lowest BCUT2D eigenvalue weighted by Gasteiger charge is -2.27. The molecule has 0 radical (unpaired) electrons. The van der Waals surface area contributed by atoms with E-state index in [-0.39, 0.29) is 11.5 Å². The fraction of sp³-hybridized carbons (Fsp3) is 0.364. The molecule has 3 aromatic rings. The van der Waals surface area contributed by atoms with Gasteiger partial charge in [0.25, 0.3) is 0 Å². The molecule has 0 fully saturated rings. The van der Waals surface area contributed by atoms with E-state index < -0.39 is 0 Å².